The van der Waals surface area contributed by atoms with E-state index in [1.165, 1.54) is 0 Å². The summed E-state index contributed by atoms with van der Waals surface area (Å²) in [7, 11) is 0. The first-order chi connectivity index (χ1) is 6.26. The predicted octanol–water partition coefficient (Wildman–Crippen LogP) is -0.815. The van der Waals surface area contributed by atoms with Gasteiger partial charge in [-0.05, 0) is 13.0 Å². The molecule has 0 aromatic carbocycles. The summed E-state index contributed by atoms with van der Waals surface area (Å²) in [4.78, 5) is 1.98. The van der Waals surface area contributed by atoms with Crippen LogP contribution in [0.2, 0.25) is 0 Å². The third-order valence-electron chi connectivity index (χ3n) is 2.78. The molecule has 3 N–H and O–H groups in total. The van der Waals surface area contributed by atoms with Crippen LogP contribution in [-0.4, -0.2) is 58.2 Å². The van der Waals surface area contributed by atoms with Crippen LogP contribution in [-0.2, 0) is 0 Å². The number of aliphatic hydroxyl groups excluding tert-OH is 3. The van der Waals surface area contributed by atoms with Crippen LogP contribution in [0.25, 0.3) is 0 Å². The van der Waals surface area contributed by atoms with Gasteiger partial charge in [0.15, 0.2) is 0 Å². The van der Waals surface area contributed by atoms with Crippen LogP contribution in [0.3, 0.4) is 0 Å². The highest BCUT2D eigenvalue weighted by Gasteiger charge is 2.45. The third-order valence-corrected chi connectivity index (χ3v) is 2.78. The molecule has 0 bridgehead atoms. The molecule has 1 rings (SSSR count). The molecule has 1 aliphatic heterocycles. The maximum absolute atomic E-state index is 9.48. The van der Waals surface area contributed by atoms with Gasteiger partial charge < -0.3 is 15.3 Å². The smallest absolute Gasteiger partial charge is 0.0895 e. The first-order valence-corrected chi connectivity index (χ1v) is 4.91. The Morgan fingerprint density at radius 2 is 1.69 bits per heavy atom. The van der Waals surface area contributed by atoms with Crippen LogP contribution in [0.1, 0.15) is 19.8 Å². The van der Waals surface area contributed by atoms with Gasteiger partial charge in [-0.3, -0.25) is 4.90 Å². The first kappa shape index (κ1) is 10.9. The molecule has 0 radical (unpaired) electrons. The highest BCUT2D eigenvalue weighted by molar-refractivity contribution is 5.00. The second-order valence-corrected chi connectivity index (χ2v) is 3.58. The lowest BCUT2D eigenvalue weighted by Gasteiger charge is -2.51. The van der Waals surface area contributed by atoms with E-state index in [4.69, 9.17) is 10.2 Å². The van der Waals surface area contributed by atoms with Gasteiger partial charge >= 0.3 is 0 Å². The summed E-state index contributed by atoms with van der Waals surface area (Å²) in [6.07, 6.45) is 1.56. The van der Waals surface area contributed by atoms with Gasteiger partial charge in [-0.15, -0.1) is 0 Å². The number of likely N-dealkylation sites (tertiary alicyclic amines) is 1. The molecule has 78 valence electrons. The SMILES string of the molecule is CCCCN1[C@H](CO)C(O)[C@@H]1CO. The number of hydrogen-bond acceptors (Lipinski definition) is 4. The van der Waals surface area contributed by atoms with Crippen molar-refractivity contribution in [3.63, 3.8) is 0 Å². The molecule has 0 saturated carbocycles. The molecule has 0 aliphatic carbocycles. The van der Waals surface area contributed by atoms with Gasteiger partial charge in [-0.25, -0.2) is 0 Å². The van der Waals surface area contributed by atoms with Crippen LogP contribution < -0.4 is 0 Å². The molecule has 13 heavy (non-hydrogen) atoms. The van der Waals surface area contributed by atoms with Gasteiger partial charge in [0.2, 0.25) is 0 Å². The van der Waals surface area contributed by atoms with E-state index < -0.39 is 6.10 Å². The first-order valence-electron chi connectivity index (χ1n) is 4.91. The molecule has 0 aromatic heterocycles. The summed E-state index contributed by atoms with van der Waals surface area (Å²) in [5, 5.41) is 27.4. The Morgan fingerprint density at radius 3 is 2.08 bits per heavy atom. The lowest BCUT2D eigenvalue weighted by atomic mass is 9.89. The van der Waals surface area contributed by atoms with Crippen molar-refractivity contribution in [2.45, 2.75) is 38.0 Å². The monoisotopic (exact) mass is 189 g/mol. The Kier molecular flexibility index (Phi) is 4.12. The van der Waals surface area contributed by atoms with Crippen molar-refractivity contribution < 1.29 is 15.3 Å². The Hall–Kier alpha value is -0.160. The zero-order valence-corrected chi connectivity index (χ0v) is 8.06. The van der Waals surface area contributed by atoms with Gasteiger partial charge in [0.1, 0.15) is 0 Å². The minimum absolute atomic E-state index is 0.0264. The van der Waals surface area contributed by atoms with E-state index in [0.717, 1.165) is 19.4 Å². The van der Waals surface area contributed by atoms with Crippen LogP contribution in [0.5, 0.6) is 0 Å². The predicted molar refractivity (Wildman–Crippen MR) is 49.4 cm³/mol. The lowest BCUT2D eigenvalue weighted by Crippen LogP contribution is -2.70. The van der Waals surface area contributed by atoms with E-state index in [1.807, 2.05) is 4.90 Å². The van der Waals surface area contributed by atoms with E-state index >= 15 is 0 Å². The largest absolute Gasteiger partial charge is 0.395 e. The summed E-state index contributed by atoms with van der Waals surface area (Å²) in [5.74, 6) is 0. The molecule has 0 spiro atoms. The van der Waals surface area contributed by atoms with Crippen molar-refractivity contribution in [2.75, 3.05) is 19.8 Å². The fourth-order valence-corrected chi connectivity index (χ4v) is 1.89. The number of hydrogen-bond donors (Lipinski definition) is 3. The summed E-state index contributed by atoms with van der Waals surface area (Å²) < 4.78 is 0. The highest BCUT2D eigenvalue weighted by Crippen LogP contribution is 2.25. The van der Waals surface area contributed by atoms with Crippen LogP contribution >= 0.6 is 0 Å². The van der Waals surface area contributed by atoms with Crippen molar-refractivity contribution in [1.29, 1.82) is 0 Å². The Morgan fingerprint density at radius 1 is 1.15 bits per heavy atom. The molecule has 4 heteroatoms. The second kappa shape index (κ2) is 4.91. The summed E-state index contributed by atoms with van der Waals surface area (Å²) in [6, 6.07) is -0.326. The van der Waals surface area contributed by atoms with Crippen molar-refractivity contribution in [3.8, 4) is 0 Å². The average Bonchev–Trinajstić information content (AvgIpc) is 2.13. The molecular formula is C9H19NO3. The van der Waals surface area contributed by atoms with Crippen LogP contribution in [0.4, 0.5) is 0 Å². The molecule has 0 aromatic rings. The quantitative estimate of drug-likeness (QED) is 0.529. The van der Waals surface area contributed by atoms with Crippen molar-refractivity contribution in [1.82, 2.24) is 4.90 Å². The van der Waals surface area contributed by atoms with Gasteiger partial charge in [0.05, 0.1) is 31.4 Å². The maximum atomic E-state index is 9.48. The minimum Gasteiger partial charge on any atom is -0.395 e. The lowest BCUT2D eigenvalue weighted by molar-refractivity contribution is -0.147. The summed E-state index contributed by atoms with van der Waals surface area (Å²) in [5.41, 5.74) is 0. The van der Waals surface area contributed by atoms with Gasteiger partial charge in [0.25, 0.3) is 0 Å². The van der Waals surface area contributed by atoms with Crippen molar-refractivity contribution in [3.05, 3.63) is 0 Å². The number of aliphatic hydroxyl groups is 3. The maximum Gasteiger partial charge on any atom is 0.0895 e. The Labute approximate surface area is 78.8 Å². The molecule has 1 fully saturated rings. The van der Waals surface area contributed by atoms with Crippen molar-refractivity contribution in [2.24, 2.45) is 0 Å². The molecule has 1 heterocycles. The van der Waals surface area contributed by atoms with Crippen molar-refractivity contribution >= 4 is 0 Å². The molecule has 1 aliphatic rings. The third kappa shape index (κ3) is 2.02. The number of rotatable bonds is 5. The zero-order valence-electron chi connectivity index (χ0n) is 8.06. The number of unbranched alkanes of at least 4 members (excludes halogenated alkanes) is 1. The Balaban J connectivity index is 2.39. The van der Waals surface area contributed by atoms with Gasteiger partial charge in [-0.2, -0.15) is 0 Å². The molecule has 1 saturated heterocycles. The second-order valence-electron chi connectivity index (χ2n) is 3.58. The van der Waals surface area contributed by atoms with E-state index in [0.29, 0.717) is 0 Å². The van der Waals surface area contributed by atoms with E-state index in [1.54, 1.807) is 0 Å². The zero-order chi connectivity index (χ0) is 9.84. The van der Waals surface area contributed by atoms with Gasteiger partial charge in [0, 0.05) is 0 Å². The highest BCUT2D eigenvalue weighted by atomic mass is 16.3. The average molecular weight is 189 g/mol. The fraction of sp³-hybridized carbons (Fsp3) is 1.00. The summed E-state index contributed by atoms with van der Waals surface area (Å²) in [6.45, 7) is 2.89. The normalized spacial score (nSPS) is 34.6. The molecule has 1 unspecified atom stereocenters. The summed E-state index contributed by atoms with van der Waals surface area (Å²) >= 11 is 0. The number of nitrogens with zero attached hydrogens (tertiary/aromatic N) is 1. The Bertz CT molecular complexity index is 142. The van der Waals surface area contributed by atoms with Crippen LogP contribution in [0, 0.1) is 0 Å². The molecule has 3 atom stereocenters. The van der Waals surface area contributed by atoms with Gasteiger partial charge in [-0.1, -0.05) is 13.3 Å². The topological polar surface area (TPSA) is 63.9 Å². The van der Waals surface area contributed by atoms with E-state index in [-0.39, 0.29) is 25.3 Å². The molecule has 0 amide bonds. The minimum atomic E-state index is -0.563. The van der Waals surface area contributed by atoms with E-state index in [9.17, 15) is 5.11 Å². The molecular weight excluding hydrogens is 170 g/mol. The fourth-order valence-electron chi connectivity index (χ4n) is 1.89. The molecule has 4 nitrogen and oxygen atoms in total. The standard InChI is InChI=1S/C9H19NO3/c1-2-3-4-10-7(5-11)9(13)8(10)6-12/h7-9,11-13H,2-6H2,1H3/t7-,8+,9?. The van der Waals surface area contributed by atoms with E-state index in [2.05, 4.69) is 6.92 Å². The van der Waals surface area contributed by atoms with Crippen LogP contribution in [0.15, 0.2) is 0 Å².